The highest BCUT2D eigenvalue weighted by Crippen LogP contribution is 2.39. The first-order chi connectivity index (χ1) is 7.54. The van der Waals surface area contributed by atoms with Crippen LogP contribution in [0.3, 0.4) is 0 Å². The minimum atomic E-state index is -5.67. The van der Waals surface area contributed by atoms with Gasteiger partial charge in [-0.25, -0.2) is 0 Å². The van der Waals surface area contributed by atoms with Crippen molar-refractivity contribution >= 4 is 5.91 Å². The molecule has 3 N–H and O–H groups in total. The molecule has 3 nitrogen and oxygen atoms in total. The van der Waals surface area contributed by atoms with Gasteiger partial charge in [0.05, 0.1) is 0 Å². The average molecular weight is 266 g/mol. The lowest BCUT2D eigenvalue weighted by atomic mass is 10.1. The Balaban J connectivity index is 4.91. The first-order valence-corrected chi connectivity index (χ1v) is 4.67. The normalized spacial score (nSPS) is 14.9. The monoisotopic (exact) mass is 266 g/mol. The Morgan fingerprint density at radius 3 is 1.82 bits per heavy atom. The van der Waals surface area contributed by atoms with Gasteiger partial charge in [-0.3, -0.25) is 4.79 Å². The molecule has 0 aliphatic rings. The van der Waals surface area contributed by atoms with Crippen LogP contribution in [0.5, 0.6) is 0 Å². The Morgan fingerprint density at radius 2 is 1.59 bits per heavy atom. The third-order valence-corrected chi connectivity index (χ3v) is 2.04. The molecule has 0 aliphatic heterocycles. The smallest absolute Gasteiger partial charge is 0.351 e. The summed E-state index contributed by atoms with van der Waals surface area (Å²) >= 11 is 0. The zero-order chi connectivity index (χ0) is 13.9. The maximum atomic E-state index is 12.1. The Morgan fingerprint density at radius 1 is 1.18 bits per heavy atom. The fraction of sp³-hybridized carbons (Fsp3) is 0.875. The molecule has 0 radical (unpaired) electrons. The number of carbonyl (C=O) groups excluding carboxylic acids is 1. The number of rotatable bonds is 4. The summed E-state index contributed by atoms with van der Waals surface area (Å²) in [6.45, 7) is 1.25. The Labute approximate surface area is 93.3 Å². The van der Waals surface area contributed by atoms with Crippen molar-refractivity contribution in [2.24, 2.45) is 11.7 Å². The van der Waals surface area contributed by atoms with Gasteiger partial charge in [0.25, 0.3) is 0 Å². The maximum Gasteiger partial charge on any atom is 0.409 e. The van der Waals surface area contributed by atoms with Crippen molar-refractivity contribution in [1.82, 2.24) is 5.32 Å². The fourth-order valence-electron chi connectivity index (χ4n) is 1.10. The molecule has 0 rings (SSSR count). The average Bonchev–Trinajstić information content (AvgIpc) is 2.09. The van der Waals surface area contributed by atoms with Gasteiger partial charge in [-0.05, 0) is 6.42 Å². The summed E-state index contributed by atoms with van der Waals surface area (Å²) in [6, 6.07) is -0.908. The number of halogens is 6. The molecule has 0 saturated heterocycles. The molecule has 1 amide bonds. The lowest BCUT2D eigenvalue weighted by Gasteiger charge is -2.24. The van der Waals surface area contributed by atoms with Crippen LogP contribution in [-0.2, 0) is 4.79 Å². The molecule has 0 saturated carbocycles. The second kappa shape index (κ2) is 5.56. The van der Waals surface area contributed by atoms with E-state index < -0.39 is 30.2 Å². The van der Waals surface area contributed by atoms with Gasteiger partial charge in [0.1, 0.15) is 0 Å². The first kappa shape index (κ1) is 16.0. The molecular formula is C8H12F6N2O. The van der Waals surface area contributed by atoms with E-state index in [1.165, 1.54) is 6.92 Å². The van der Waals surface area contributed by atoms with E-state index in [9.17, 15) is 31.1 Å². The zero-order valence-electron chi connectivity index (χ0n) is 8.82. The maximum absolute atomic E-state index is 12.1. The summed E-state index contributed by atoms with van der Waals surface area (Å²) in [4.78, 5) is 11.0. The molecular weight excluding hydrogens is 254 g/mol. The summed E-state index contributed by atoms with van der Waals surface area (Å²) < 4.78 is 72.7. The zero-order valence-corrected chi connectivity index (χ0v) is 8.82. The van der Waals surface area contributed by atoms with Gasteiger partial charge in [-0.2, -0.15) is 26.3 Å². The molecule has 17 heavy (non-hydrogen) atoms. The molecule has 0 heterocycles. The van der Waals surface area contributed by atoms with Crippen molar-refractivity contribution < 1.29 is 31.1 Å². The van der Waals surface area contributed by atoms with Crippen molar-refractivity contribution in [1.29, 1.82) is 0 Å². The minimum Gasteiger partial charge on any atom is -0.351 e. The third kappa shape index (κ3) is 4.80. The molecule has 102 valence electrons. The van der Waals surface area contributed by atoms with Crippen molar-refractivity contribution in [3.05, 3.63) is 0 Å². The molecule has 0 aromatic carbocycles. The molecule has 0 bridgehead atoms. The van der Waals surface area contributed by atoms with Gasteiger partial charge in [-0.1, -0.05) is 6.92 Å². The van der Waals surface area contributed by atoms with Crippen LogP contribution in [-0.4, -0.2) is 30.8 Å². The number of carbonyl (C=O) groups is 1. The molecule has 0 aromatic heterocycles. The van der Waals surface area contributed by atoms with Crippen LogP contribution >= 0.6 is 0 Å². The molecule has 0 fully saturated rings. The first-order valence-electron chi connectivity index (χ1n) is 4.67. The van der Waals surface area contributed by atoms with Crippen LogP contribution in [0.4, 0.5) is 26.3 Å². The van der Waals surface area contributed by atoms with Crippen LogP contribution in [0.25, 0.3) is 0 Å². The van der Waals surface area contributed by atoms with Gasteiger partial charge in [0.2, 0.25) is 11.8 Å². The van der Waals surface area contributed by atoms with E-state index in [4.69, 9.17) is 5.73 Å². The Hall–Kier alpha value is -0.990. The predicted molar refractivity (Wildman–Crippen MR) is 46.9 cm³/mol. The molecule has 0 spiro atoms. The Kier molecular flexibility index (Phi) is 5.24. The van der Waals surface area contributed by atoms with Crippen molar-refractivity contribution in [3.8, 4) is 0 Å². The fourth-order valence-corrected chi connectivity index (χ4v) is 1.10. The highest BCUT2D eigenvalue weighted by atomic mass is 19.4. The number of alkyl halides is 6. The summed E-state index contributed by atoms with van der Waals surface area (Å²) in [5, 5.41) is 1.63. The Bertz CT molecular complexity index is 244. The van der Waals surface area contributed by atoms with Crippen molar-refractivity contribution in [2.45, 2.75) is 31.7 Å². The summed E-state index contributed by atoms with van der Waals surface area (Å²) in [5.41, 5.74) is 5.07. The summed E-state index contributed by atoms with van der Waals surface area (Å²) in [5.74, 6) is -6.14. The number of amides is 1. The van der Waals surface area contributed by atoms with E-state index in [1.54, 1.807) is 5.32 Å². The van der Waals surface area contributed by atoms with E-state index >= 15 is 0 Å². The quantitative estimate of drug-likeness (QED) is 0.759. The highest BCUT2D eigenvalue weighted by Gasteiger charge is 2.61. The standard InChI is InChI=1S/C8H12F6N2O/c1-2-4(3-15)16-6(17)5(7(9,10)11)8(12,13)14/h4-5H,2-3,15H2,1H3,(H,16,17). The van der Waals surface area contributed by atoms with E-state index in [-0.39, 0.29) is 13.0 Å². The van der Waals surface area contributed by atoms with Crippen LogP contribution in [0.1, 0.15) is 13.3 Å². The van der Waals surface area contributed by atoms with Crippen molar-refractivity contribution in [2.75, 3.05) is 6.54 Å². The van der Waals surface area contributed by atoms with Gasteiger partial charge in [0.15, 0.2) is 0 Å². The lowest BCUT2D eigenvalue weighted by molar-refractivity contribution is -0.274. The molecule has 1 unspecified atom stereocenters. The minimum absolute atomic E-state index is 0.144. The van der Waals surface area contributed by atoms with E-state index in [2.05, 4.69) is 0 Å². The van der Waals surface area contributed by atoms with E-state index in [0.717, 1.165) is 0 Å². The van der Waals surface area contributed by atoms with E-state index in [0.29, 0.717) is 0 Å². The number of nitrogens with two attached hydrogens (primary N) is 1. The van der Waals surface area contributed by atoms with Crippen LogP contribution in [0.2, 0.25) is 0 Å². The van der Waals surface area contributed by atoms with Crippen LogP contribution in [0, 0.1) is 5.92 Å². The van der Waals surface area contributed by atoms with Gasteiger partial charge in [0, 0.05) is 12.6 Å². The number of nitrogens with one attached hydrogen (secondary N) is 1. The van der Waals surface area contributed by atoms with E-state index in [1.807, 2.05) is 0 Å². The topological polar surface area (TPSA) is 55.1 Å². The SMILES string of the molecule is CCC(CN)NC(=O)C(C(F)(F)F)C(F)(F)F. The van der Waals surface area contributed by atoms with Crippen LogP contribution in [0.15, 0.2) is 0 Å². The molecule has 0 aliphatic carbocycles. The molecule has 9 heteroatoms. The lowest BCUT2D eigenvalue weighted by Crippen LogP contribution is -2.51. The summed E-state index contributed by atoms with van der Waals surface area (Å²) in [7, 11) is 0. The van der Waals surface area contributed by atoms with Gasteiger partial charge in [-0.15, -0.1) is 0 Å². The summed E-state index contributed by atoms with van der Waals surface area (Å²) in [6.07, 6.45) is -11.2. The predicted octanol–water partition coefficient (Wildman–Crippen LogP) is 1.58. The molecule has 1 atom stereocenters. The second-order valence-electron chi connectivity index (χ2n) is 3.37. The van der Waals surface area contributed by atoms with Gasteiger partial charge < -0.3 is 11.1 Å². The number of hydrogen-bond donors (Lipinski definition) is 2. The third-order valence-electron chi connectivity index (χ3n) is 2.04. The van der Waals surface area contributed by atoms with Crippen molar-refractivity contribution in [3.63, 3.8) is 0 Å². The van der Waals surface area contributed by atoms with Gasteiger partial charge >= 0.3 is 12.4 Å². The number of hydrogen-bond acceptors (Lipinski definition) is 2. The van der Waals surface area contributed by atoms with Crippen LogP contribution < -0.4 is 11.1 Å². The molecule has 0 aromatic rings. The highest BCUT2D eigenvalue weighted by molar-refractivity contribution is 5.80. The largest absolute Gasteiger partial charge is 0.409 e. The second-order valence-corrected chi connectivity index (χ2v) is 3.37.